The lowest BCUT2D eigenvalue weighted by Crippen LogP contribution is -2.26. The fourth-order valence-electron chi connectivity index (χ4n) is 1.35. The number of aromatic nitrogens is 1. The summed E-state index contributed by atoms with van der Waals surface area (Å²) in [5.74, 6) is 0. The molecule has 1 aromatic heterocycles. The average Bonchev–Trinajstić information content (AvgIpc) is 2.69. The van der Waals surface area contributed by atoms with Crippen LogP contribution in [0.1, 0.15) is 25.1 Å². The molecule has 0 aliphatic rings. The third kappa shape index (κ3) is 3.36. The topological polar surface area (TPSA) is 28.2 Å². The Morgan fingerprint density at radius 3 is 3.00 bits per heavy atom. The van der Waals surface area contributed by atoms with Crippen LogP contribution in [-0.2, 0) is 0 Å². The first-order valence-corrected chi connectivity index (χ1v) is 5.93. The summed E-state index contributed by atoms with van der Waals surface area (Å²) in [5.41, 5.74) is 3.08. The van der Waals surface area contributed by atoms with Crippen LogP contribution in [0.2, 0.25) is 0 Å². The highest BCUT2D eigenvalue weighted by atomic mass is 32.1. The first-order chi connectivity index (χ1) is 6.75. The van der Waals surface area contributed by atoms with Crippen LogP contribution in [0, 0.1) is 0 Å². The molecule has 4 heteroatoms. The van der Waals surface area contributed by atoms with E-state index in [1.165, 1.54) is 12.1 Å². The van der Waals surface area contributed by atoms with Gasteiger partial charge in [0.15, 0.2) is 0 Å². The van der Waals surface area contributed by atoms with Crippen molar-refractivity contribution in [1.82, 2.24) is 15.2 Å². The molecule has 0 fully saturated rings. The molecule has 1 heterocycles. The molecule has 1 rings (SSSR count). The zero-order valence-electron chi connectivity index (χ0n) is 9.16. The van der Waals surface area contributed by atoms with Crippen LogP contribution in [-0.4, -0.2) is 37.1 Å². The van der Waals surface area contributed by atoms with Gasteiger partial charge < -0.3 is 5.32 Å². The van der Waals surface area contributed by atoms with Gasteiger partial charge in [-0.15, -0.1) is 11.3 Å². The van der Waals surface area contributed by atoms with E-state index in [2.05, 4.69) is 34.6 Å². The molecule has 0 radical (unpaired) electrons. The number of nitrogens with one attached hydrogen (secondary N) is 1. The van der Waals surface area contributed by atoms with Gasteiger partial charge in [-0.25, -0.2) is 4.98 Å². The molecule has 14 heavy (non-hydrogen) atoms. The molecule has 80 valence electrons. The Kier molecular flexibility index (Phi) is 5.07. The second kappa shape index (κ2) is 6.11. The van der Waals surface area contributed by atoms with Crippen molar-refractivity contribution in [2.75, 3.05) is 27.2 Å². The van der Waals surface area contributed by atoms with Crippen molar-refractivity contribution in [2.45, 2.75) is 19.4 Å². The molecule has 0 aromatic carbocycles. The predicted octanol–water partition coefficient (Wildman–Crippen LogP) is 1.75. The Hall–Kier alpha value is -0.450. The van der Waals surface area contributed by atoms with Gasteiger partial charge in [-0.05, 0) is 40.5 Å². The lowest BCUT2D eigenvalue weighted by molar-refractivity contribution is 0.254. The molecule has 0 aliphatic heterocycles. The Balaban J connectivity index is 2.33. The summed E-state index contributed by atoms with van der Waals surface area (Å²) in [7, 11) is 4.14. The summed E-state index contributed by atoms with van der Waals surface area (Å²) in [4.78, 5) is 6.67. The van der Waals surface area contributed by atoms with Crippen LogP contribution in [0.5, 0.6) is 0 Å². The van der Waals surface area contributed by atoms with E-state index in [9.17, 15) is 0 Å². The molecule has 0 amide bonds. The van der Waals surface area contributed by atoms with E-state index in [0.29, 0.717) is 6.04 Å². The highest BCUT2D eigenvalue weighted by molar-refractivity contribution is 7.07. The van der Waals surface area contributed by atoms with Crippen molar-refractivity contribution in [3.8, 4) is 0 Å². The van der Waals surface area contributed by atoms with E-state index in [1.807, 2.05) is 12.6 Å². The first-order valence-electron chi connectivity index (χ1n) is 4.98. The lowest BCUT2D eigenvalue weighted by atomic mass is 10.2. The molecule has 0 aliphatic carbocycles. The Labute approximate surface area is 90.2 Å². The monoisotopic (exact) mass is 213 g/mol. The van der Waals surface area contributed by atoms with Crippen molar-refractivity contribution < 1.29 is 0 Å². The van der Waals surface area contributed by atoms with Crippen molar-refractivity contribution >= 4 is 11.3 Å². The lowest BCUT2D eigenvalue weighted by Gasteiger charge is -2.22. The SMILES string of the molecule is CNCCCN(C)C(C)c1cscn1. The van der Waals surface area contributed by atoms with E-state index >= 15 is 0 Å². The summed E-state index contributed by atoms with van der Waals surface area (Å²) < 4.78 is 0. The molecule has 1 unspecified atom stereocenters. The third-order valence-corrected chi connectivity index (χ3v) is 3.08. The summed E-state index contributed by atoms with van der Waals surface area (Å²) in [5, 5.41) is 5.28. The van der Waals surface area contributed by atoms with E-state index in [1.54, 1.807) is 11.3 Å². The van der Waals surface area contributed by atoms with Gasteiger partial charge in [-0.2, -0.15) is 0 Å². The van der Waals surface area contributed by atoms with Crippen molar-refractivity contribution in [3.63, 3.8) is 0 Å². The third-order valence-electron chi connectivity index (χ3n) is 2.48. The number of thiazole rings is 1. The first kappa shape index (κ1) is 11.6. The summed E-state index contributed by atoms with van der Waals surface area (Å²) in [6.45, 7) is 4.39. The minimum atomic E-state index is 0.429. The summed E-state index contributed by atoms with van der Waals surface area (Å²) in [6, 6.07) is 0.429. The molecular weight excluding hydrogens is 194 g/mol. The molecule has 3 nitrogen and oxygen atoms in total. The van der Waals surface area contributed by atoms with Crippen LogP contribution >= 0.6 is 11.3 Å². The van der Waals surface area contributed by atoms with Gasteiger partial charge in [0.1, 0.15) is 0 Å². The van der Waals surface area contributed by atoms with Crippen molar-refractivity contribution in [3.05, 3.63) is 16.6 Å². The largest absolute Gasteiger partial charge is 0.320 e. The van der Waals surface area contributed by atoms with E-state index in [-0.39, 0.29) is 0 Å². The molecule has 0 saturated heterocycles. The minimum Gasteiger partial charge on any atom is -0.320 e. The highest BCUT2D eigenvalue weighted by Gasteiger charge is 2.12. The minimum absolute atomic E-state index is 0.429. The van der Waals surface area contributed by atoms with Gasteiger partial charge in [-0.1, -0.05) is 0 Å². The van der Waals surface area contributed by atoms with Gasteiger partial charge in [-0.3, -0.25) is 4.90 Å². The number of hydrogen-bond donors (Lipinski definition) is 1. The second-order valence-corrected chi connectivity index (χ2v) is 4.25. The van der Waals surface area contributed by atoms with E-state index < -0.39 is 0 Å². The highest BCUT2D eigenvalue weighted by Crippen LogP contribution is 2.17. The Morgan fingerprint density at radius 2 is 2.43 bits per heavy atom. The second-order valence-electron chi connectivity index (χ2n) is 3.53. The summed E-state index contributed by atoms with van der Waals surface area (Å²) >= 11 is 1.66. The maximum Gasteiger partial charge on any atom is 0.0795 e. The van der Waals surface area contributed by atoms with Crippen LogP contribution in [0.15, 0.2) is 10.9 Å². The Morgan fingerprint density at radius 1 is 1.64 bits per heavy atom. The Bertz CT molecular complexity index is 236. The van der Waals surface area contributed by atoms with Crippen LogP contribution in [0.25, 0.3) is 0 Å². The zero-order chi connectivity index (χ0) is 10.4. The fraction of sp³-hybridized carbons (Fsp3) is 0.700. The van der Waals surface area contributed by atoms with Crippen LogP contribution in [0.3, 0.4) is 0 Å². The molecular formula is C10H19N3S. The number of hydrogen-bond acceptors (Lipinski definition) is 4. The van der Waals surface area contributed by atoms with Crippen molar-refractivity contribution in [2.24, 2.45) is 0 Å². The molecule has 1 aromatic rings. The van der Waals surface area contributed by atoms with Gasteiger partial charge in [0, 0.05) is 11.4 Å². The number of rotatable bonds is 6. The van der Waals surface area contributed by atoms with Gasteiger partial charge >= 0.3 is 0 Å². The smallest absolute Gasteiger partial charge is 0.0795 e. The fourth-order valence-corrected chi connectivity index (χ4v) is 1.99. The standard InChI is InChI=1S/C10H19N3S/c1-9(10-7-14-8-12-10)13(3)6-4-5-11-2/h7-9,11H,4-6H2,1-3H3. The molecule has 1 N–H and O–H groups in total. The van der Waals surface area contributed by atoms with Gasteiger partial charge in [0.05, 0.1) is 11.2 Å². The summed E-state index contributed by atoms with van der Waals surface area (Å²) in [6.07, 6.45) is 1.18. The van der Waals surface area contributed by atoms with Gasteiger partial charge in [0.2, 0.25) is 0 Å². The molecule has 1 atom stereocenters. The van der Waals surface area contributed by atoms with Crippen LogP contribution < -0.4 is 5.32 Å². The van der Waals surface area contributed by atoms with E-state index in [4.69, 9.17) is 0 Å². The maximum absolute atomic E-state index is 4.33. The molecule has 0 bridgehead atoms. The average molecular weight is 213 g/mol. The quantitative estimate of drug-likeness (QED) is 0.730. The van der Waals surface area contributed by atoms with Crippen LogP contribution in [0.4, 0.5) is 0 Å². The molecule has 0 saturated carbocycles. The van der Waals surface area contributed by atoms with Gasteiger partial charge in [0.25, 0.3) is 0 Å². The normalized spacial score (nSPS) is 13.4. The number of nitrogens with zero attached hydrogens (tertiary/aromatic N) is 2. The van der Waals surface area contributed by atoms with E-state index in [0.717, 1.165) is 13.1 Å². The maximum atomic E-state index is 4.33. The zero-order valence-corrected chi connectivity index (χ0v) is 9.97. The van der Waals surface area contributed by atoms with Crippen molar-refractivity contribution in [1.29, 1.82) is 0 Å². The molecule has 0 spiro atoms. The predicted molar refractivity (Wildman–Crippen MR) is 61.7 cm³/mol.